The summed E-state index contributed by atoms with van der Waals surface area (Å²) in [5.41, 5.74) is 1.73. The van der Waals surface area contributed by atoms with E-state index in [4.69, 9.17) is 4.74 Å². The molecule has 2 heterocycles. The molecule has 2 aromatic carbocycles. The minimum atomic E-state index is -4.74. The van der Waals surface area contributed by atoms with Crippen LogP contribution in [0.4, 0.5) is 18.9 Å². The number of alkyl halides is 3. The van der Waals surface area contributed by atoms with Crippen LogP contribution in [0.1, 0.15) is 27.4 Å². The number of fused-ring (bicyclic) bond motifs is 1. The molecule has 0 fully saturated rings. The van der Waals surface area contributed by atoms with Gasteiger partial charge in [-0.1, -0.05) is 6.07 Å². The van der Waals surface area contributed by atoms with Gasteiger partial charge in [-0.2, -0.15) is 22.7 Å². The Morgan fingerprint density at radius 2 is 1.66 bits per heavy atom. The third-order valence-corrected chi connectivity index (χ3v) is 4.67. The number of aryl methyl sites for hydroxylation is 2. The van der Waals surface area contributed by atoms with Gasteiger partial charge in [0, 0.05) is 11.3 Å². The normalized spacial score (nSPS) is 11.6. The number of amides is 1. The Kier molecular flexibility index (Phi) is 5.29. The minimum Gasteiger partial charge on any atom is -0.497 e. The van der Waals surface area contributed by atoms with Crippen molar-refractivity contribution >= 4 is 17.4 Å². The number of aromatic nitrogens is 4. The second-order valence-corrected chi connectivity index (χ2v) is 7.23. The number of rotatable bonds is 4. The van der Waals surface area contributed by atoms with Crippen molar-refractivity contribution in [2.24, 2.45) is 0 Å². The Morgan fingerprint density at radius 1 is 1.00 bits per heavy atom. The van der Waals surface area contributed by atoms with Crippen LogP contribution in [0, 0.1) is 13.8 Å². The molecule has 1 amide bonds. The van der Waals surface area contributed by atoms with Gasteiger partial charge in [0.15, 0.2) is 5.69 Å². The highest BCUT2D eigenvalue weighted by atomic mass is 19.4. The number of carbonyl (C=O) groups is 1. The molecular weight excluding hydrogens is 423 g/mol. The van der Waals surface area contributed by atoms with Crippen LogP contribution in [0.5, 0.6) is 5.75 Å². The van der Waals surface area contributed by atoms with Gasteiger partial charge in [-0.3, -0.25) is 4.79 Å². The van der Waals surface area contributed by atoms with Crippen molar-refractivity contribution in [3.8, 4) is 17.0 Å². The first kappa shape index (κ1) is 21.3. The summed E-state index contributed by atoms with van der Waals surface area (Å²) in [4.78, 5) is 20.8. The molecule has 0 aliphatic heterocycles. The highest BCUT2D eigenvalue weighted by Crippen LogP contribution is 2.32. The van der Waals surface area contributed by atoms with Gasteiger partial charge in [-0.25, -0.2) is 4.98 Å². The lowest BCUT2D eigenvalue weighted by atomic mass is 10.1. The van der Waals surface area contributed by atoms with Gasteiger partial charge in [0.25, 0.3) is 11.7 Å². The molecule has 10 heteroatoms. The van der Waals surface area contributed by atoms with Crippen molar-refractivity contribution in [3.05, 3.63) is 71.2 Å². The molecule has 32 heavy (non-hydrogen) atoms. The van der Waals surface area contributed by atoms with E-state index in [2.05, 4.69) is 20.4 Å². The molecule has 1 N–H and O–H groups in total. The van der Waals surface area contributed by atoms with Crippen LogP contribution in [-0.4, -0.2) is 32.6 Å². The van der Waals surface area contributed by atoms with Crippen LogP contribution in [0.2, 0.25) is 0 Å². The molecule has 0 aliphatic rings. The predicted octanol–water partition coefficient (Wildman–Crippen LogP) is 4.69. The minimum absolute atomic E-state index is 0.0427. The maximum atomic E-state index is 13.7. The molecule has 0 atom stereocenters. The van der Waals surface area contributed by atoms with Crippen molar-refractivity contribution in [1.82, 2.24) is 19.6 Å². The molecule has 4 rings (SSSR count). The van der Waals surface area contributed by atoms with Crippen LogP contribution in [0.15, 0.2) is 48.5 Å². The Hall–Kier alpha value is -3.95. The monoisotopic (exact) mass is 441 g/mol. The topological polar surface area (TPSA) is 81.4 Å². The lowest BCUT2D eigenvalue weighted by Crippen LogP contribution is -2.16. The molecule has 0 aliphatic carbocycles. The fourth-order valence-electron chi connectivity index (χ4n) is 3.31. The second-order valence-electron chi connectivity index (χ2n) is 7.23. The van der Waals surface area contributed by atoms with E-state index in [1.807, 2.05) is 19.9 Å². The molecular formula is C22H18F3N5O2. The first-order chi connectivity index (χ1) is 15.1. The van der Waals surface area contributed by atoms with Crippen molar-refractivity contribution in [2.75, 3.05) is 12.4 Å². The molecule has 4 aromatic rings. The quantitative estimate of drug-likeness (QED) is 0.497. The fourth-order valence-corrected chi connectivity index (χ4v) is 3.31. The summed E-state index contributed by atoms with van der Waals surface area (Å²) in [6.07, 6.45) is -4.74. The Balaban J connectivity index is 1.76. The van der Waals surface area contributed by atoms with E-state index in [1.165, 1.54) is 7.11 Å². The third-order valence-electron chi connectivity index (χ3n) is 4.67. The standard InChI is InChI=1S/C22H18F3N5O2/c1-12-8-13(2)10-15(9-12)26-20(31)19-28-21-27-17(14-4-6-16(32-3)7-5-14)11-18(22(23,24)25)30(21)29-19/h4-11H,1-3H3,(H,26,31). The van der Waals surface area contributed by atoms with Crippen molar-refractivity contribution in [1.29, 1.82) is 0 Å². The van der Waals surface area contributed by atoms with E-state index in [0.717, 1.165) is 17.2 Å². The van der Waals surface area contributed by atoms with Gasteiger partial charge in [0.05, 0.1) is 12.8 Å². The fraction of sp³-hybridized carbons (Fsp3) is 0.182. The number of methoxy groups -OCH3 is 1. The van der Waals surface area contributed by atoms with Gasteiger partial charge in [-0.15, -0.1) is 5.10 Å². The number of hydrogen-bond donors (Lipinski definition) is 1. The smallest absolute Gasteiger partial charge is 0.433 e. The average molecular weight is 441 g/mol. The van der Waals surface area contributed by atoms with Crippen molar-refractivity contribution in [3.63, 3.8) is 0 Å². The van der Waals surface area contributed by atoms with Crippen LogP contribution < -0.4 is 10.1 Å². The Bertz CT molecular complexity index is 1290. The lowest BCUT2D eigenvalue weighted by molar-refractivity contribution is -0.142. The number of nitrogens with one attached hydrogen (secondary N) is 1. The summed E-state index contributed by atoms with van der Waals surface area (Å²) in [6.45, 7) is 3.73. The lowest BCUT2D eigenvalue weighted by Gasteiger charge is -2.10. The van der Waals surface area contributed by atoms with Crippen molar-refractivity contribution in [2.45, 2.75) is 20.0 Å². The molecule has 0 spiro atoms. The number of benzene rings is 2. The first-order valence-corrected chi connectivity index (χ1v) is 9.53. The number of carbonyl (C=O) groups excluding carboxylic acids is 1. The average Bonchev–Trinajstić information content (AvgIpc) is 3.16. The number of hydrogen-bond acceptors (Lipinski definition) is 5. The number of halogens is 3. The van der Waals surface area contributed by atoms with Gasteiger partial charge >= 0.3 is 6.18 Å². The van der Waals surface area contributed by atoms with Gasteiger partial charge in [0.1, 0.15) is 5.75 Å². The number of anilines is 1. The molecule has 0 radical (unpaired) electrons. The van der Waals surface area contributed by atoms with Gasteiger partial charge in [0.2, 0.25) is 5.82 Å². The highest BCUT2D eigenvalue weighted by Gasteiger charge is 2.36. The van der Waals surface area contributed by atoms with E-state index in [9.17, 15) is 18.0 Å². The van der Waals surface area contributed by atoms with Crippen molar-refractivity contribution < 1.29 is 22.7 Å². The SMILES string of the molecule is COc1ccc(-c2cc(C(F)(F)F)n3nc(C(=O)Nc4cc(C)cc(C)c4)nc3n2)cc1. The highest BCUT2D eigenvalue weighted by molar-refractivity contribution is 6.01. The van der Waals surface area contributed by atoms with Crippen LogP contribution in [-0.2, 0) is 6.18 Å². The maximum Gasteiger partial charge on any atom is 0.433 e. The zero-order valence-electron chi connectivity index (χ0n) is 17.4. The zero-order valence-corrected chi connectivity index (χ0v) is 17.4. The van der Waals surface area contributed by atoms with E-state index in [1.54, 1.807) is 36.4 Å². The molecule has 0 bridgehead atoms. The summed E-state index contributed by atoms with van der Waals surface area (Å²) in [5.74, 6) is -0.941. The number of ether oxygens (including phenoxy) is 1. The van der Waals surface area contributed by atoms with E-state index >= 15 is 0 Å². The van der Waals surface area contributed by atoms with Crippen LogP contribution in [0.3, 0.4) is 0 Å². The summed E-state index contributed by atoms with van der Waals surface area (Å²) in [5, 5.41) is 6.39. The molecule has 0 saturated heterocycles. The number of nitrogens with zero attached hydrogens (tertiary/aromatic N) is 4. The summed E-state index contributed by atoms with van der Waals surface area (Å²) in [6, 6.07) is 12.7. The Labute approximate surface area is 180 Å². The zero-order chi connectivity index (χ0) is 23.0. The molecule has 164 valence electrons. The van der Waals surface area contributed by atoms with Crippen LogP contribution in [0.25, 0.3) is 17.0 Å². The van der Waals surface area contributed by atoms with Gasteiger partial charge in [-0.05, 0) is 67.4 Å². The Morgan fingerprint density at radius 3 is 2.25 bits per heavy atom. The molecule has 2 aromatic heterocycles. The predicted molar refractivity (Wildman–Crippen MR) is 112 cm³/mol. The molecule has 0 saturated carbocycles. The molecule has 7 nitrogen and oxygen atoms in total. The summed E-state index contributed by atoms with van der Waals surface area (Å²) in [7, 11) is 1.49. The van der Waals surface area contributed by atoms with Crippen LogP contribution >= 0.6 is 0 Å². The second kappa shape index (κ2) is 7.95. The van der Waals surface area contributed by atoms with E-state index in [0.29, 0.717) is 21.5 Å². The van der Waals surface area contributed by atoms with E-state index in [-0.39, 0.29) is 11.5 Å². The molecule has 0 unspecified atom stereocenters. The largest absolute Gasteiger partial charge is 0.497 e. The van der Waals surface area contributed by atoms with E-state index < -0.39 is 23.6 Å². The van der Waals surface area contributed by atoms with Gasteiger partial charge < -0.3 is 10.1 Å². The summed E-state index contributed by atoms with van der Waals surface area (Å²) < 4.78 is 46.8. The summed E-state index contributed by atoms with van der Waals surface area (Å²) >= 11 is 0. The maximum absolute atomic E-state index is 13.7. The third kappa shape index (κ3) is 4.25. The first-order valence-electron chi connectivity index (χ1n) is 9.53.